The van der Waals surface area contributed by atoms with Gasteiger partial charge in [0.05, 0.1) is 16.8 Å². The second-order valence-electron chi connectivity index (χ2n) is 9.99. The molecule has 3 aliphatic rings. The largest absolute Gasteiger partial charge is 0.508 e. The first-order chi connectivity index (χ1) is 14.8. The predicted molar refractivity (Wildman–Crippen MR) is 130 cm³/mol. The average Bonchev–Trinajstić information content (AvgIpc) is 2.73. The van der Waals surface area contributed by atoms with Crippen molar-refractivity contribution in [2.24, 2.45) is 0 Å². The van der Waals surface area contributed by atoms with Gasteiger partial charge in [-0.15, -0.1) is 12.4 Å². The van der Waals surface area contributed by atoms with Crippen molar-refractivity contribution in [3.05, 3.63) is 64.8 Å². The number of phenols is 1. The Bertz CT molecular complexity index is 1230. The standard InChI is InChI=1S/C26H29N3O2.ClH/c1-28(2)22-6-4-5-17-11-18-14-26(31)23-12-16-7-8-19(30)13-20(16)25(26,9-10-29(23)3)15-21(18)27-24(17)22;/h4-8,11,13,23,30-31H,9-10,12,14-15H2,1-3H3;1H/t23-,25-,26-;/m1./s1. The summed E-state index contributed by atoms with van der Waals surface area (Å²) in [5.41, 5.74) is 5.45. The number of aromatic nitrogens is 1. The highest BCUT2D eigenvalue weighted by molar-refractivity contribution is 5.91. The summed E-state index contributed by atoms with van der Waals surface area (Å²) in [6.07, 6.45) is 2.98. The summed E-state index contributed by atoms with van der Waals surface area (Å²) in [7, 11) is 6.24. The lowest BCUT2D eigenvalue weighted by Gasteiger charge is -2.63. The number of likely N-dealkylation sites (tertiary alicyclic amines) is 1. The van der Waals surface area contributed by atoms with Crippen LogP contribution in [-0.2, 0) is 24.7 Å². The van der Waals surface area contributed by atoms with E-state index in [1.165, 1.54) is 5.56 Å². The fourth-order valence-corrected chi connectivity index (χ4v) is 6.64. The van der Waals surface area contributed by atoms with Crippen molar-refractivity contribution in [1.29, 1.82) is 0 Å². The van der Waals surface area contributed by atoms with Crippen LogP contribution in [0.5, 0.6) is 5.75 Å². The first-order valence-electron chi connectivity index (χ1n) is 11.2. The molecule has 2 aliphatic carbocycles. The van der Waals surface area contributed by atoms with Crippen LogP contribution < -0.4 is 4.90 Å². The third-order valence-electron chi connectivity index (χ3n) is 8.23. The van der Waals surface area contributed by atoms with E-state index in [1.807, 2.05) is 12.1 Å². The molecule has 0 amide bonds. The number of aromatic hydroxyl groups is 1. The number of rotatable bonds is 1. The normalized spacial score (nSPS) is 28.3. The van der Waals surface area contributed by atoms with E-state index in [1.54, 1.807) is 6.07 Å². The van der Waals surface area contributed by atoms with Gasteiger partial charge in [-0.2, -0.15) is 0 Å². The van der Waals surface area contributed by atoms with E-state index in [0.29, 0.717) is 12.8 Å². The molecule has 2 heterocycles. The zero-order valence-electron chi connectivity index (χ0n) is 18.8. The Balaban J connectivity index is 0.00000216. The van der Waals surface area contributed by atoms with Gasteiger partial charge in [-0.25, -0.2) is 0 Å². The van der Waals surface area contributed by atoms with Gasteiger partial charge in [0.1, 0.15) is 5.75 Å². The first kappa shape index (κ1) is 21.5. The van der Waals surface area contributed by atoms with E-state index in [2.05, 4.69) is 55.2 Å². The number of phenolic OH excluding ortho intramolecular Hbond substituents is 1. The number of para-hydroxylation sites is 1. The number of halogens is 1. The number of hydrogen-bond acceptors (Lipinski definition) is 5. The second-order valence-corrected chi connectivity index (χ2v) is 9.99. The van der Waals surface area contributed by atoms with Crippen LogP contribution in [0, 0.1) is 0 Å². The summed E-state index contributed by atoms with van der Waals surface area (Å²) in [4.78, 5) is 9.63. The third-order valence-corrected chi connectivity index (χ3v) is 8.23. The topological polar surface area (TPSA) is 59.8 Å². The molecule has 3 aromatic rings. The van der Waals surface area contributed by atoms with E-state index in [9.17, 15) is 10.2 Å². The number of piperidine rings is 1. The number of nitrogens with zero attached hydrogens (tertiary/aromatic N) is 3. The molecule has 1 aliphatic heterocycles. The molecule has 1 saturated heterocycles. The number of hydrogen-bond donors (Lipinski definition) is 2. The molecule has 168 valence electrons. The molecule has 0 radical (unpaired) electrons. The van der Waals surface area contributed by atoms with Crippen LogP contribution >= 0.6 is 12.4 Å². The lowest BCUT2D eigenvalue weighted by molar-refractivity contribution is -0.145. The van der Waals surface area contributed by atoms with Gasteiger partial charge in [-0.3, -0.25) is 4.98 Å². The highest BCUT2D eigenvalue weighted by atomic mass is 35.5. The van der Waals surface area contributed by atoms with Crippen LogP contribution in [0.15, 0.2) is 42.5 Å². The van der Waals surface area contributed by atoms with E-state index in [4.69, 9.17) is 4.98 Å². The monoisotopic (exact) mass is 451 g/mol. The fourth-order valence-electron chi connectivity index (χ4n) is 6.64. The number of likely N-dealkylation sites (N-methyl/N-ethyl adjacent to an activating group) is 1. The van der Waals surface area contributed by atoms with Gasteiger partial charge in [0.25, 0.3) is 0 Å². The predicted octanol–water partition coefficient (Wildman–Crippen LogP) is 3.46. The minimum atomic E-state index is -0.873. The Labute approximate surface area is 195 Å². The summed E-state index contributed by atoms with van der Waals surface area (Å²) in [6, 6.07) is 14.3. The summed E-state index contributed by atoms with van der Waals surface area (Å²) in [5, 5.41) is 23.8. The molecule has 1 fully saturated rings. The summed E-state index contributed by atoms with van der Waals surface area (Å²) in [5.74, 6) is 0.278. The Kier molecular flexibility index (Phi) is 4.76. The molecule has 5 nitrogen and oxygen atoms in total. The molecule has 32 heavy (non-hydrogen) atoms. The smallest absolute Gasteiger partial charge is 0.115 e. The quantitative estimate of drug-likeness (QED) is 0.593. The molecule has 2 N–H and O–H groups in total. The maximum absolute atomic E-state index is 12.4. The Hall–Kier alpha value is -2.34. The first-order valence-corrected chi connectivity index (χ1v) is 11.2. The maximum Gasteiger partial charge on any atom is 0.115 e. The van der Waals surface area contributed by atoms with E-state index in [-0.39, 0.29) is 24.2 Å². The zero-order valence-corrected chi connectivity index (χ0v) is 19.6. The van der Waals surface area contributed by atoms with Crippen molar-refractivity contribution in [1.82, 2.24) is 9.88 Å². The van der Waals surface area contributed by atoms with Gasteiger partial charge < -0.3 is 20.0 Å². The SMILES string of the molecule is CN(C)c1cccc2cc3c(nc12)C[C@]12CCN(C)[C@H](Cc4ccc(O)cc41)[C@]2(O)C3.Cl. The van der Waals surface area contributed by atoms with Crippen molar-refractivity contribution in [3.63, 3.8) is 0 Å². The average molecular weight is 452 g/mol. The number of aliphatic hydroxyl groups is 1. The summed E-state index contributed by atoms with van der Waals surface area (Å²) in [6.45, 7) is 0.938. The third kappa shape index (κ3) is 2.68. The zero-order chi connectivity index (χ0) is 21.5. The molecule has 0 saturated carbocycles. The van der Waals surface area contributed by atoms with Crippen LogP contribution in [0.25, 0.3) is 10.9 Å². The molecule has 6 heteroatoms. The Morgan fingerprint density at radius 3 is 2.69 bits per heavy atom. The van der Waals surface area contributed by atoms with E-state index >= 15 is 0 Å². The van der Waals surface area contributed by atoms with Crippen molar-refractivity contribution in [2.75, 3.05) is 32.6 Å². The van der Waals surface area contributed by atoms with E-state index in [0.717, 1.165) is 52.8 Å². The van der Waals surface area contributed by atoms with Gasteiger partial charge in [-0.1, -0.05) is 18.2 Å². The molecule has 2 aromatic carbocycles. The summed E-state index contributed by atoms with van der Waals surface area (Å²) < 4.78 is 0. The fraction of sp³-hybridized carbons (Fsp3) is 0.423. The number of anilines is 1. The maximum atomic E-state index is 12.4. The van der Waals surface area contributed by atoms with Crippen LogP contribution in [0.3, 0.4) is 0 Å². The number of fused-ring (bicyclic) bond motifs is 3. The molecule has 2 bridgehead atoms. The summed E-state index contributed by atoms with van der Waals surface area (Å²) >= 11 is 0. The van der Waals surface area contributed by atoms with Gasteiger partial charge in [-0.05, 0) is 67.4 Å². The molecular formula is C26H30ClN3O2. The molecule has 1 aromatic heterocycles. The lowest BCUT2D eigenvalue weighted by Crippen LogP contribution is -2.73. The Morgan fingerprint density at radius 1 is 1.09 bits per heavy atom. The molecule has 3 atom stereocenters. The Morgan fingerprint density at radius 2 is 1.91 bits per heavy atom. The van der Waals surface area contributed by atoms with Crippen LogP contribution in [-0.4, -0.2) is 59.4 Å². The minimum absolute atomic E-state index is 0. The number of benzene rings is 2. The molecular weight excluding hydrogens is 422 g/mol. The molecule has 6 rings (SSSR count). The van der Waals surface area contributed by atoms with Crippen molar-refractivity contribution in [2.45, 2.75) is 42.7 Å². The van der Waals surface area contributed by atoms with Crippen LogP contribution in [0.2, 0.25) is 0 Å². The van der Waals surface area contributed by atoms with Gasteiger partial charge in [0.15, 0.2) is 0 Å². The second kappa shape index (κ2) is 7.08. The van der Waals surface area contributed by atoms with Crippen LogP contribution in [0.1, 0.15) is 28.8 Å². The number of pyridine rings is 1. The highest BCUT2D eigenvalue weighted by Gasteiger charge is 2.64. The van der Waals surface area contributed by atoms with Gasteiger partial charge in [0, 0.05) is 49.5 Å². The van der Waals surface area contributed by atoms with Crippen molar-refractivity contribution >= 4 is 29.0 Å². The van der Waals surface area contributed by atoms with Gasteiger partial charge in [0.2, 0.25) is 0 Å². The van der Waals surface area contributed by atoms with Crippen molar-refractivity contribution in [3.8, 4) is 5.75 Å². The highest BCUT2D eigenvalue weighted by Crippen LogP contribution is 2.57. The van der Waals surface area contributed by atoms with Crippen LogP contribution in [0.4, 0.5) is 5.69 Å². The minimum Gasteiger partial charge on any atom is -0.508 e. The van der Waals surface area contributed by atoms with Gasteiger partial charge >= 0.3 is 0 Å². The lowest BCUT2D eigenvalue weighted by atomic mass is 9.49. The molecule has 0 spiro atoms. The molecule has 0 unspecified atom stereocenters. The van der Waals surface area contributed by atoms with E-state index < -0.39 is 11.0 Å². The van der Waals surface area contributed by atoms with Crippen molar-refractivity contribution < 1.29 is 10.2 Å².